The Kier molecular flexibility index (Phi) is 8.85. The first kappa shape index (κ1) is 22.0. The minimum atomic E-state index is -2.84. The molecular formula is C18H29FN4O2S2. The van der Waals surface area contributed by atoms with E-state index in [1.54, 1.807) is 23.9 Å². The van der Waals surface area contributed by atoms with E-state index in [1.165, 1.54) is 6.07 Å². The van der Waals surface area contributed by atoms with Gasteiger partial charge in [0.15, 0.2) is 15.8 Å². The lowest BCUT2D eigenvalue weighted by Gasteiger charge is -2.26. The monoisotopic (exact) mass is 416 g/mol. The highest BCUT2D eigenvalue weighted by atomic mass is 32.2. The van der Waals surface area contributed by atoms with Crippen LogP contribution in [0.3, 0.4) is 0 Å². The third-order valence-electron chi connectivity index (χ3n) is 4.38. The molecule has 0 amide bonds. The summed E-state index contributed by atoms with van der Waals surface area (Å²) in [5, 5.41) is 6.50. The molecule has 1 heterocycles. The number of guanidine groups is 1. The Morgan fingerprint density at radius 2 is 2.00 bits per heavy atom. The van der Waals surface area contributed by atoms with Crippen molar-refractivity contribution in [2.24, 2.45) is 4.99 Å². The molecule has 9 heteroatoms. The zero-order chi connectivity index (χ0) is 19.7. The average molecular weight is 417 g/mol. The normalized spacial score (nSPS) is 17.7. The van der Waals surface area contributed by atoms with Crippen molar-refractivity contribution in [3.8, 4) is 0 Å². The van der Waals surface area contributed by atoms with E-state index in [9.17, 15) is 12.8 Å². The van der Waals surface area contributed by atoms with Crippen molar-refractivity contribution < 1.29 is 12.8 Å². The molecule has 0 unspecified atom stereocenters. The Labute approximate surface area is 165 Å². The summed E-state index contributed by atoms with van der Waals surface area (Å²) in [4.78, 5) is 6.76. The van der Waals surface area contributed by atoms with Gasteiger partial charge in [-0.15, -0.1) is 0 Å². The number of thioether (sulfide) groups is 1. The number of aliphatic imine (C=N–C) groups is 1. The van der Waals surface area contributed by atoms with E-state index in [1.807, 2.05) is 13.2 Å². The van der Waals surface area contributed by atoms with Gasteiger partial charge in [0.1, 0.15) is 5.82 Å². The summed E-state index contributed by atoms with van der Waals surface area (Å²) in [5.41, 5.74) is 1.99. The van der Waals surface area contributed by atoms with Crippen LogP contribution in [0.25, 0.3) is 0 Å². The van der Waals surface area contributed by atoms with E-state index in [4.69, 9.17) is 0 Å². The van der Waals surface area contributed by atoms with Gasteiger partial charge in [0, 0.05) is 38.5 Å². The van der Waals surface area contributed by atoms with Crippen molar-refractivity contribution >= 4 is 27.6 Å². The van der Waals surface area contributed by atoms with Gasteiger partial charge in [-0.25, -0.2) is 17.8 Å². The van der Waals surface area contributed by atoms with Crippen LogP contribution in [0.15, 0.2) is 23.2 Å². The largest absolute Gasteiger partial charge is 0.357 e. The lowest BCUT2D eigenvalue weighted by molar-refractivity contribution is 0.299. The molecule has 1 aliphatic rings. The second-order valence-electron chi connectivity index (χ2n) is 6.46. The predicted molar refractivity (Wildman–Crippen MR) is 112 cm³/mol. The molecule has 0 saturated carbocycles. The number of hydrogen-bond donors (Lipinski definition) is 2. The van der Waals surface area contributed by atoms with Crippen molar-refractivity contribution in [2.45, 2.75) is 19.2 Å². The molecule has 2 N–H and O–H groups in total. The van der Waals surface area contributed by atoms with Crippen molar-refractivity contribution in [1.82, 2.24) is 15.5 Å². The molecule has 152 valence electrons. The van der Waals surface area contributed by atoms with Crippen LogP contribution in [-0.4, -0.2) is 69.8 Å². The zero-order valence-electron chi connectivity index (χ0n) is 16.0. The van der Waals surface area contributed by atoms with Crippen molar-refractivity contribution in [1.29, 1.82) is 0 Å². The molecule has 0 aromatic heterocycles. The van der Waals surface area contributed by atoms with Gasteiger partial charge in [0.25, 0.3) is 0 Å². The number of nitrogens with zero attached hydrogens (tertiary/aromatic N) is 2. The first-order valence-electron chi connectivity index (χ1n) is 9.14. The number of sulfone groups is 1. The van der Waals surface area contributed by atoms with Crippen LogP contribution in [0.1, 0.15) is 18.1 Å². The van der Waals surface area contributed by atoms with E-state index in [0.717, 1.165) is 30.0 Å². The molecule has 1 aromatic rings. The fourth-order valence-electron chi connectivity index (χ4n) is 2.85. The molecule has 1 aliphatic heterocycles. The molecule has 1 saturated heterocycles. The molecule has 0 radical (unpaired) electrons. The van der Waals surface area contributed by atoms with Gasteiger partial charge in [0.2, 0.25) is 0 Å². The molecule has 27 heavy (non-hydrogen) atoms. The van der Waals surface area contributed by atoms with Crippen LogP contribution in [-0.2, 0) is 22.1 Å². The highest BCUT2D eigenvalue weighted by Gasteiger charge is 2.20. The lowest BCUT2D eigenvalue weighted by atomic mass is 10.1. The number of benzene rings is 1. The molecule has 1 fully saturated rings. The van der Waals surface area contributed by atoms with Crippen molar-refractivity contribution in [3.63, 3.8) is 0 Å². The Morgan fingerprint density at radius 1 is 1.26 bits per heavy atom. The smallest absolute Gasteiger partial charge is 0.191 e. The summed E-state index contributed by atoms with van der Waals surface area (Å²) < 4.78 is 36.4. The Hall–Kier alpha value is -1.32. The fraction of sp³-hybridized carbons (Fsp3) is 0.611. The van der Waals surface area contributed by atoms with E-state index in [2.05, 4.69) is 20.5 Å². The Bertz CT molecular complexity index is 727. The fourth-order valence-corrected chi connectivity index (χ4v) is 4.71. The Balaban J connectivity index is 1.89. The highest BCUT2D eigenvalue weighted by molar-refractivity contribution is 7.97. The average Bonchev–Trinajstić information content (AvgIpc) is 2.62. The second-order valence-corrected chi connectivity index (χ2v) is 9.63. The summed E-state index contributed by atoms with van der Waals surface area (Å²) in [6, 6.07) is 4.84. The maximum atomic E-state index is 13.5. The van der Waals surface area contributed by atoms with Gasteiger partial charge in [-0.1, -0.05) is 6.07 Å². The molecular weight excluding hydrogens is 387 g/mol. The molecule has 2 rings (SSSR count). The van der Waals surface area contributed by atoms with Crippen molar-refractivity contribution in [2.75, 3.05) is 50.5 Å². The number of rotatable bonds is 8. The highest BCUT2D eigenvalue weighted by Crippen LogP contribution is 2.17. The summed E-state index contributed by atoms with van der Waals surface area (Å²) in [5.74, 6) is 1.72. The van der Waals surface area contributed by atoms with Gasteiger partial charge in [-0.3, -0.25) is 4.90 Å². The molecule has 0 aliphatic carbocycles. The van der Waals surface area contributed by atoms with Crippen LogP contribution in [0.4, 0.5) is 4.39 Å². The first-order chi connectivity index (χ1) is 12.9. The van der Waals surface area contributed by atoms with Crippen LogP contribution in [0, 0.1) is 5.82 Å². The van der Waals surface area contributed by atoms with E-state index in [-0.39, 0.29) is 17.3 Å². The number of hydrogen-bond acceptors (Lipinski definition) is 5. The predicted octanol–water partition coefficient (Wildman–Crippen LogP) is 1.47. The van der Waals surface area contributed by atoms with Crippen LogP contribution in [0.5, 0.6) is 0 Å². The van der Waals surface area contributed by atoms with Crippen LogP contribution >= 0.6 is 11.8 Å². The zero-order valence-corrected chi connectivity index (χ0v) is 17.6. The topological polar surface area (TPSA) is 73.8 Å². The first-order valence-corrected chi connectivity index (χ1v) is 12.4. The van der Waals surface area contributed by atoms with E-state index in [0.29, 0.717) is 32.1 Å². The summed E-state index contributed by atoms with van der Waals surface area (Å²) in [6.45, 7) is 5.86. The van der Waals surface area contributed by atoms with Gasteiger partial charge >= 0.3 is 0 Å². The van der Waals surface area contributed by atoms with Crippen LogP contribution < -0.4 is 10.6 Å². The van der Waals surface area contributed by atoms with Gasteiger partial charge < -0.3 is 10.6 Å². The SMILES string of the molecule is CCNC(=NCc1ccc(F)cc1CSC)NCCN1CCS(=O)(=O)CC1. The number of halogens is 1. The third kappa shape index (κ3) is 7.67. The van der Waals surface area contributed by atoms with Gasteiger partial charge in [0.05, 0.1) is 18.1 Å². The van der Waals surface area contributed by atoms with E-state index < -0.39 is 9.84 Å². The molecule has 0 bridgehead atoms. The maximum Gasteiger partial charge on any atom is 0.191 e. The molecule has 0 atom stereocenters. The summed E-state index contributed by atoms with van der Waals surface area (Å²) in [7, 11) is -2.84. The Morgan fingerprint density at radius 3 is 2.67 bits per heavy atom. The maximum absolute atomic E-state index is 13.5. The second kappa shape index (κ2) is 10.9. The van der Waals surface area contributed by atoms with Crippen molar-refractivity contribution in [3.05, 3.63) is 35.1 Å². The third-order valence-corrected chi connectivity index (χ3v) is 6.59. The molecule has 6 nitrogen and oxygen atoms in total. The number of nitrogens with one attached hydrogen (secondary N) is 2. The minimum absolute atomic E-state index is 0.222. The van der Waals surface area contributed by atoms with Gasteiger partial charge in [-0.05, 0) is 36.4 Å². The van der Waals surface area contributed by atoms with E-state index >= 15 is 0 Å². The lowest BCUT2D eigenvalue weighted by Crippen LogP contribution is -2.45. The standard InChI is InChI=1S/C18H29FN4O2S2/c1-3-20-18(21-6-7-23-8-10-27(24,25)11-9-23)22-13-15-4-5-17(19)12-16(15)14-26-2/h4-5,12H,3,6-11,13-14H2,1-2H3,(H2,20,21,22). The molecule has 0 spiro atoms. The minimum Gasteiger partial charge on any atom is -0.357 e. The van der Waals surface area contributed by atoms with Crippen LogP contribution in [0.2, 0.25) is 0 Å². The van der Waals surface area contributed by atoms with Gasteiger partial charge in [-0.2, -0.15) is 11.8 Å². The quantitative estimate of drug-likeness (QED) is 0.494. The molecule has 1 aromatic carbocycles. The summed E-state index contributed by atoms with van der Waals surface area (Å²) >= 11 is 1.66. The summed E-state index contributed by atoms with van der Waals surface area (Å²) in [6.07, 6.45) is 2.00.